The molecule has 0 N–H and O–H groups in total. The summed E-state index contributed by atoms with van der Waals surface area (Å²) < 4.78 is 5.01. The number of carbonyl (C=O) groups is 1. The molecule has 0 amide bonds. The van der Waals surface area contributed by atoms with E-state index in [0.29, 0.717) is 5.75 Å². The lowest BCUT2D eigenvalue weighted by Crippen LogP contribution is -1.99. The zero-order valence-corrected chi connectivity index (χ0v) is 7.08. The Morgan fingerprint density at radius 2 is 2.50 bits per heavy atom. The minimum absolute atomic E-state index is 0.157. The van der Waals surface area contributed by atoms with Gasteiger partial charge in [0.2, 0.25) is 0 Å². The number of ether oxygens (including phenoxy) is 1. The zero-order valence-electron chi connectivity index (χ0n) is 6.27. The average Bonchev–Trinajstić information content (AvgIpc) is 2.54. The second kappa shape index (κ2) is 3.15. The van der Waals surface area contributed by atoms with Gasteiger partial charge in [0.15, 0.2) is 5.44 Å². The topological polar surface area (TPSA) is 39.2 Å². The third kappa shape index (κ3) is 1.43. The molecule has 1 aromatic heterocycles. The third-order valence-electron chi connectivity index (χ3n) is 1.52. The van der Waals surface area contributed by atoms with Crippen LogP contribution in [0.3, 0.4) is 0 Å². The van der Waals surface area contributed by atoms with Crippen molar-refractivity contribution >= 4 is 17.7 Å². The van der Waals surface area contributed by atoms with Gasteiger partial charge in [0.1, 0.15) is 0 Å². The molecule has 1 fully saturated rings. The standard InChI is InChI=1S/C8H7NO2S/c10-7-5-12-8(11-7)6-3-1-2-4-9-6/h1-4,8H,5H2/t8-/m0/s1. The molecule has 0 spiro atoms. The fourth-order valence-corrected chi connectivity index (χ4v) is 1.83. The molecule has 0 bridgehead atoms. The van der Waals surface area contributed by atoms with Crippen LogP contribution in [0.2, 0.25) is 0 Å². The number of nitrogens with zero attached hydrogens (tertiary/aromatic N) is 1. The summed E-state index contributed by atoms with van der Waals surface area (Å²) in [5.74, 6) is 0.275. The molecule has 2 rings (SSSR count). The minimum atomic E-state index is -0.196. The van der Waals surface area contributed by atoms with Crippen molar-refractivity contribution in [2.75, 3.05) is 5.75 Å². The number of hydrogen-bond acceptors (Lipinski definition) is 4. The molecular formula is C8H7NO2S. The van der Waals surface area contributed by atoms with Gasteiger partial charge in [0, 0.05) is 6.20 Å². The second-order valence-electron chi connectivity index (χ2n) is 2.39. The summed E-state index contributed by atoms with van der Waals surface area (Å²) >= 11 is 1.47. The fraction of sp³-hybridized carbons (Fsp3) is 0.250. The van der Waals surface area contributed by atoms with Gasteiger partial charge in [-0.15, -0.1) is 0 Å². The van der Waals surface area contributed by atoms with E-state index in [1.54, 1.807) is 6.20 Å². The zero-order chi connectivity index (χ0) is 8.39. The third-order valence-corrected chi connectivity index (χ3v) is 2.56. The van der Waals surface area contributed by atoms with Crippen LogP contribution in [0, 0.1) is 0 Å². The molecule has 4 heteroatoms. The predicted octanol–water partition coefficient (Wildman–Crippen LogP) is 1.37. The smallest absolute Gasteiger partial charge is 0.317 e. The van der Waals surface area contributed by atoms with Crippen LogP contribution >= 0.6 is 11.8 Å². The Labute approximate surface area is 74.1 Å². The van der Waals surface area contributed by atoms with Crippen molar-refractivity contribution in [3.05, 3.63) is 30.1 Å². The van der Waals surface area contributed by atoms with E-state index < -0.39 is 0 Å². The summed E-state index contributed by atoms with van der Waals surface area (Å²) in [4.78, 5) is 14.9. The quantitative estimate of drug-likeness (QED) is 0.613. The Kier molecular flexibility index (Phi) is 1.99. The molecule has 0 radical (unpaired) electrons. The highest BCUT2D eigenvalue weighted by Gasteiger charge is 2.25. The Balaban J connectivity index is 2.16. The Bertz CT molecular complexity index is 288. The van der Waals surface area contributed by atoms with Crippen molar-refractivity contribution in [3.8, 4) is 0 Å². The lowest BCUT2D eigenvalue weighted by molar-refractivity contribution is -0.140. The lowest BCUT2D eigenvalue weighted by atomic mass is 10.4. The molecule has 62 valence electrons. The maximum atomic E-state index is 10.8. The molecule has 2 heterocycles. The maximum absolute atomic E-state index is 10.8. The molecule has 0 aromatic carbocycles. The van der Waals surface area contributed by atoms with E-state index in [9.17, 15) is 4.79 Å². The van der Waals surface area contributed by atoms with E-state index in [0.717, 1.165) is 5.69 Å². The van der Waals surface area contributed by atoms with Gasteiger partial charge in [0.05, 0.1) is 11.4 Å². The first kappa shape index (κ1) is 7.61. The highest BCUT2D eigenvalue weighted by atomic mass is 32.2. The SMILES string of the molecule is O=C1CS[C@@H](c2ccccn2)O1. The van der Waals surface area contributed by atoms with Gasteiger partial charge in [0.25, 0.3) is 0 Å². The highest BCUT2D eigenvalue weighted by molar-refractivity contribution is 8.00. The van der Waals surface area contributed by atoms with Crippen LogP contribution in [-0.2, 0) is 9.53 Å². The summed E-state index contributed by atoms with van der Waals surface area (Å²) in [6.45, 7) is 0. The van der Waals surface area contributed by atoms with Crippen LogP contribution in [0.4, 0.5) is 0 Å². The molecule has 1 atom stereocenters. The fourth-order valence-electron chi connectivity index (χ4n) is 0.992. The molecule has 1 aliphatic heterocycles. The van der Waals surface area contributed by atoms with Gasteiger partial charge in [-0.3, -0.25) is 9.78 Å². The van der Waals surface area contributed by atoms with Crippen LogP contribution in [-0.4, -0.2) is 16.7 Å². The van der Waals surface area contributed by atoms with Gasteiger partial charge in [-0.05, 0) is 12.1 Å². The van der Waals surface area contributed by atoms with Gasteiger partial charge < -0.3 is 4.74 Å². The number of aromatic nitrogens is 1. The largest absolute Gasteiger partial charge is 0.444 e. The van der Waals surface area contributed by atoms with E-state index in [-0.39, 0.29) is 11.4 Å². The van der Waals surface area contributed by atoms with Crippen molar-refractivity contribution in [2.24, 2.45) is 0 Å². The van der Waals surface area contributed by atoms with Crippen LogP contribution in [0.15, 0.2) is 24.4 Å². The number of esters is 1. The van der Waals surface area contributed by atoms with Gasteiger partial charge >= 0.3 is 5.97 Å². The number of carbonyl (C=O) groups excluding carboxylic acids is 1. The Hall–Kier alpha value is -1.03. The van der Waals surface area contributed by atoms with Crippen LogP contribution in [0.5, 0.6) is 0 Å². The maximum Gasteiger partial charge on any atom is 0.317 e. The Morgan fingerprint density at radius 1 is 1.58 bits per heavy atom. The second-order valence-corrected chi connectivity index (χ2v) is 3.44. The summed E-state index contributed by atoms with van der Waals surface area (Å²) in [7, 11) is 0. The summed E-state index contributed by atoms with van der Waals surface area (Å²) in [5.41, 5.74) is 0.618. The number of rotatable bonds is 1. The summed E-state index contributed by atoms with van der Waals surface area (Å²) in [5, 5.41) is 0. The molecule has 1 aromatic rings. The van der Waals surface area contributed by atoms with E-state index in [1.165, 1.54) is 11.8 Å². The van der Waals surface area contributed by atoms with Gasteiger partial charge in [-0.1, -0.05) is 17.8 Å². The van der Waals surface area contributed by atoms with Crippen molar-refractivity contribution in [1.29, 1.82) is 0 Å². The average molecular weight is 181 g/mol. The molecule has 0 unspecified atom stereocenters. The highest BCUT2D eigenvalue weighted by Crippen LogP contribution is 2.33. The van der Waals surface area contributed by atoms with Gasteiger partial charge in [-0.25, -0.2) is 0 Å². The number of hydrogen-bond donors (Lipinski definition) is 0. The van der Waals surface area contributed by atoms with Crippen LogP contribution in [0.25, 0.3) is 0 Å². The monoisotopic (exact) mass is 181 g/mol. The molecule has 0 aliphatic carbocycles. The molecule has 1 saturated heterocycles. The first-order chi connectivity index (χ1) is 5.86. The van der Waals surface area contributed by atoms with Crippen LogP contribution < -0.4 is 0 Å². The van der Waals surface area contributed by atoms with Crippen molar-refractivity contribution in [2.45, 2.75) is 5.44 Å². The molecular weight excluding hydrogens is 174 g/mol. The number of cyclic esters (lactones) is 1. The molecule has 3 nitrogen and oxygen atoms in total. The lowest BCUT2D eigenvalue weighted by Gasteiger charge is -2.05. The first-order valence-electron chi connectivity index (χ1n) is 3.58. The predicted molar refractivity (Wildman–Crippen MR) is 45.5 cm³/mol. The molecule has 12 heavy (non-hydrogen) atoms. The first-order valence-corrected chi connectivity index (χ1v) is 4.63. The van der Waals surface area contributed by atoms with E-state index >= 15 is 0 Å². The van der Waals surface area contributed by atoms with Crippen molar-refractivity contribution in [3.63, 3.8) is 0 Å². The van der Waals surface area contributed by atoms with Crippen molar-refractivity contribution < 1.29 is 9.53 Å². The summed E-state index contributed by atoms with van der Waals surface area (Å²) in [6.07, 6.45) is 1.70. The van der Waals surface area contributed by atoms with Gasteiger partial charge in [-0.2, -0.15) is 0 Å². The molecule has 1 aliphatic rings. The Morgan fingerprint density at radius 3 is 3.08 bits per heavy atom. The number of pyridine rings is 1. The molecule has 0 saturated carbocycles. The number of thioether (sulfide) groups is 1. The van der Waals surface area contributed by atoms with E-state index in [2.05, 4.69) is 4.98 Å². The van der Waals surface area contributed by atoms with Crippen LogP contribution in [0.1, 0.15) is 11.1 Å². The van der Waals surface area contributed by atoms with E-state index in [1.807, 2.05) is 18.2 Å². The summed E-state index contributed by atoms with van der Waals surface area (Å²) in [6, 6.07) is 5.58. The normalized spacial score (nSPS) is 22.3. The minimum Gasteiger partial charge on any atom is -0.444 e. The van der Waals surface area contributed by atoms with E-state index in [4.69, 9.17) is 4.74 Å². The van der Waals surface area contributed by atoms with Crippen molar-refractivity contribution in [1.82, 2.24) is 4.98 Å².